The first-order valence-corrected chi connectivity index (χ1v) is 7.86. The molecule has 0 spiro atoms. The maximum atomic E-state index is 11.9. The van der Waals surface area contributed by atoms with Crippen LogP contribution in [0.25, 0.3) is 0 Å². The normalized spacial score (nSPS) is 10.4. The molecule has 0 saturated heterocycles. The van der Waals surface area contributed by atoms with Gasteiger partial charge in [0.1, 0.15) is 0 Å². The van der Waals surface area contributed by atoms with Gasteiger partial charge in [0, 0.05) is 20.5 Å². The second kappa shape index (κ2) is 6.94. The second-order valence-electron chi connectivity index (χ2n) is 4.91. The summed E-state index contributed by atoms with van der Waals surface area (Å²) in [5.74, 6) is -0.867. The average Bonchev–Trinajstić information content (AvgIpc) is 2.78. The molecule has 1 amide bonds. The largest absolute Gasteiger partial charge is 0.452 e. The number of benzene rings is 1. The molecule has 0 aliphatic rings. The molecule has 0 unspecified atom stereocenters. The number of thiophene rings is 1. The lowest BCUT2D eigenvalue weighted by Crippen LogP contribution is -2.21. The first kappa shape index (κ1) is 16.5. The number of hydrogen-bond donors (Lipinski definition) is 1. The highest BCUT2D eigenvalue weighted by atomic mass is 35.5. The van der Waals surface area contributed by atoms with Crippen LogP contribution in [0.5, 0.6) is 0 Å². The summed E-state index contributed by atoms with van der Waals surface area (Å²) in [4.78, 5) is 25.7. The molecular weight excluding hydrogens is 322 g/mol. The third-order valence-electron chi connectivity index (χ3n) is 3.06. The molecule has 1 heterocycles. The summed E-state index contributed by atoms with van der Waals surface area (Å²) in [5.41, 5.74) is 2.00. The number of esters is 1. The molecule has 6 heteroatoms. The van der Waals surface area contributed by atoms with Crippen molar-refractivity contribution in [2.45, 2.75) is 20.8 Å². The van der Waals surface area contributed by atoms with Gasteiger partial charge >= 0.3 is 5.97 Å². The van der Waals surface area contributed by atoms with Gasteiger partial charge in [-0.15, -0.1) is 11.3 Å². The molecule has 1 aromatic heterocycles. The van der Waals surface area contributed by atoms with Gasteiger partial charge in [-0.05, 0) is 50.6 Å². The standard InChI is InChI=1S/C16H16ClNO3S/c1-9-6-12(17)4-5-14(9)18-15(19)8-21-16(20)13-7-10(2)22-11(13)3/h4-7H,8H2,1-3H3,(H,18,19). The number of carbonyl (C=O) groups excluding carboxylic acids is 2. The number of amides is 1. The van der Waals surface area contributed by atoms with Crippen molar-refractivity contribution in [1.82, 2.24) is 0 Å². The minimum Gasteiger partial charge on any atom is -0.452 e. The van der Waals surface area contributed by atoms with E-state index in [1.807, 2.05) is 20.8 Å². The molecule has 1 N–H and O–H groups in total. The van der Waals surface area contributed by atoms with E-state index in [2.05, 4.69) is 5.32 Å². The number of anilines is 1. The fourth-order valence-corrected chi connectivity index (χ4v) is 3.13. The zero-order chi connectivity index (χ0) is 16.3. The van der Waals surface area contributed by atoms with Crippen molar-refractivity contribution in [3.8, 4) is 0 Å². The summed E-state index contributed by atoms with van der Waals surface area (Å²) in [6.07, 6.45) is 0. The number of hydrogen-bond acceptors (Lipinski definition) is 4. The van der Waals surface area contributed by atoms with Crippen LogP contribution < -0.4 is 5.32 Å². The molecule has 2 rings (SSSR count). The molecule has 2 aromatic rings. The molecule has 0 bridgehead atoms. The second-order valence-corrected chi connectivity index (χ2v) is 6.81. The summed E-state index contributed by atoms with van der Waals surface area (Å²) >= 11 is 7.38. The van der Waals surface area contributed by atoms with E-state index in [1.165, 1.54) is 11.3 Å². The molecule has 0 aliphatic heterocycles. The van der Waals surface area contributed by atoms with E-state index in [9.17, 15) is 9.59 Å². The maximum Gasteiger partial charge on any atom is 0.339 e. The molecule has 0 saturated carbocycles. The number of carbonyl (C=O) groups is 2. The van der Waals surface area contributed by atoms with Crippen LogP contribution in [0.15, 0.2) is 24.3 Å². The fourth-order valence-electron chi connectivity index (χ4n) is 2.00. The Bertz CT molecular complexity index is 724. The van der Waals surface area contributed by atoms with Gasteiger partial charge in [-0.3, -0.25) is 4.79 Å². The topological polar surface area (TPSA) is 55.4 Å². The lowest BCUT2D eigenvalue weighted by atomic mass is 10.2. The minimum absolute atomic E-state index is 0.324. The van der Waals surface area contributed by atoms with E-state index in [4.69, 9.17) is 16.3 Å². The van der Waals surface area contributed by atoms with Crippen LogP contribution in [0.3, 0.4) is 0 Å². The van der Waals surface area contributed by atoms with Crippen LogP contribution in [0.2, 0.25) is 5.02 Å². The van der Waals surface area contributed by atoms with Crippen molar-refractivity contribution < 1.29 is 14.3 Å². The van der Waals surface area contributed by atoms with Crippen molar-refractivity contribution in [3.63, 3.8) is 0 Å². The molecular formula is C16H16ClNO3S. The Hall–Kier alpha value is -1.85. The van der Waals surface area contributed by atoms with Crippen molar-refractivity contribution in [3.05, 3.63) is 50.2 Å². The van der Waals surface area contributed by atoms with E-state index in [0.717, 1.165) is 15.3 Å². The van der Waals surface area contributed by atoms with Crippen LogP contribution in [0.1, 0.15) is 25.7 Å². The fraction of sp³-hybridized carbons (Fsp3) is 0.250. The minimum atomic E-state index is -0.482. The van der Waals surface area contributed by atoms with Crippen molar-refractivity contribution in [2.75, 3.05) is 11.9 Å². The zero-order valence-electron chi connectivity index (χ0n) is 12.5. The Morgan fingerprint density at radius 1 is 1.23 bits per heavy atom. The molecule has 0 aliphatic carbocycles. The molecule has 22 heavy (non-hydrogen) atoms. The smallest absolute Gasteiger partial charge is 0.339 e. The number of rotatable bonds is 4. The monoisotopic (exact) mass is 337 g/mol. The third-order valence-corrected chi connectivity index (χ3v) is 4.26. The Morgan fingerprint density at radius 3 is 2.55 bits per heavy atom. The van der Waals surface area contributed by atoms with E-state index >= 15 is 0 Å². The Labute approximate surface area is 138 Å². The molecule has 0 radical (unpaired) electrons. The van der Waals surface area contributed by atoms with Crippen LogP contribution in [0, 0.1) is 20.8 Å². The van der Waals surface area contributed by atoms with Gasteiger partial charge < -0.3 is 10.1 Å². The van der Waals surface area contributed by atoms with Crippen LogP contribution in [-0.2, 0) is 9.53 Å². The highest BCUT2D eigenvalue weighted by Crippen LogP contribution is 2.22. The first-order chi connectivity index (χ1) is 10.4. The molecule has 0 atom stereocenters. The highest BCUT2D eigenvalue weighted by molar-refractivity contribution is 7.12. The van der Waals surface area contributed by atoms with Gasteiger partial charge in [0.25, 0.3) is 5.91 Å². The zero-order valence-corrected chi connectivity index (χ0v) is 14.1. The van der Waals surface area contributed by atoms with Gasteiger partial charge in [-0.1, -0.05) is 11.6 Å². The molecule has 1 aromatic carbocycles. The summed E-state index contributed by atoms with van der Waals surface area (Å²) < 4.78 is 5.05. The highest BCUT2D eigenvalue weighted by Gasteiger charge is 2.15. The number of halogens is 1. The van der Waals surface area contributed by atoms with Crippen molar-refractivity contribution >= 4 is 40.5 Å². The third kappa shape index (κ3) is 4.08. The first-order valence-electron chi connectivity index (χ1n) is 6.67. The van der Waals surface area contributed by atoms with Gasteiger partial charge in [0.05, 0.1) is 5.56 Å². The predicted octanol–water partition coefficient (Wildman–Crippen LogP) is 4.12. The number of nitrogens with one attached hydrogen (secondary N) is 1. The van der Waals surface area contributed by atoms with E-state index < -0.39 is 5.97 Å². The number of ether oxygens (including phenoxy) is 1. The Morgan fingerprint density at radius 2 is 1.95 bits per heavy atom. The van der Waals surface area contributed by atoms with E-state index in [1.54, 1.807) is 24.3 Å². The average molecular weight is 338 g/mol. The molecule has 116 valence electrons. The summed E-state index contributed by atoms with van der Waals surface area (Å²) in [6, 6.07) is 6.92. The van der Waals surface area contributed by atoms with Crippen LogP contribution >= 0.6 is 22.9 Å². The van der Waals surface area contributed by atoms with Crippen LogP contribution in [0.4, 0.5) is 5.69 Å². The Balaban J connectivity index is 1.92. The SMILES string of the molecule is Cc1cc(C(=O)OCC(=O)Nc2ccc(Cl)cc2C)c(C)s1. The lowest BCUT2D eigenvalue weighted by Gasteiger charge is -2.09. The predicted molar refractivity (Wildman–Crippen MR) is 88.9 cm³/mol. The number of aryl methyl sites for hydroxylation is 3. The molecule has 4 nitrogen and oxygen atoms in total. The van der Waals surface area contributed by atoms with Gasteiger partial charge in [0.2, 0.25) is 0 Å². The Kier molecular flexibility index (Phi) is 5.21. The van der Waals surface area contributed by atoms with E-state index in [-0.39, 0.29) is 12.5 Å². The quantitative estimate of drug-likeness (QED) is 0.854. The molecule has 0 fully saturated rings. The van der Waals surface area contributed by atoms with Gasteiger partial charge in [0.15, 0.2) is 6.61 Å². The maximum absolute atomic E-state index is 11.9. The van der Waals surface area contributed by atoms with Crippen molar-refractivity contribution in [2.24, 2.45) is 0 Å². The van der Waals surface area contributed by atoms with Crippen molar-refractivity contribution in [1.29, 1.82) is 0 Å². The van der Waals surface area contributed by atoms with Gasteiger partial charge in [-0.2, -0.15) is 0 Å². The van der Waals surface area contributed by atoms with E-state index in [0.29, 0.717) is 16.3 Å². The van der Waals surface area contributed by atoms with Gasteiger partial charge in [-0.25, -0.2) is 4.79 Å². The lowest BCUT2D eigenvalue weighted by molar-refractivity contribution is -0.119. The summed E-state index contributed by atoms with van der Waals surface area (Å²) in [5, 5.41) is 3.29. The summed E-state index contributed by atoms with van der Waals surface area (Å²) in [6.45, 7) is 5.29. The summed E-state index contributed by atoms with van der Waals surface area (Å²) in [7, 11) is 0. The van der Waals surface area contributed by atoms with Crippen LogP contribution in [-0.4, -0.2) is 18.5 Å².